The standard InChI is InChI=1S/C19H18N4O2/c1-25-18-5-3-2-4-16(18)23-19(24)17-12-15(8-11-21-17)22-13-14-6-9-20-10-7-14/h2-12H,13H2,1H3,(H,21,22)(H,23,24). The molecule has 0 radical (unpaired) electrons. The number of anilines is 2. The molecule has 0 aliphatic rings. The first kappa shape index (κ1) is 16.4. The second-order valence-electron chi connectivity index (χ2n) is 5.29. The van der Waals surface area contributed by atoms with Gasteiger partial charge in [-0.25, -0.2) is 0 Å². The smallest absolute Gasteiger partial charge is 0.274 e. The van der Waals surface area contributed by atoms with Gasteiger partial charge in [0.05, 0.1) is 12.8 Å². The SMILES string of the molecule is COc1ccccc1NC(=O)c1cc(NCc2ccncc2)ccn1. The van der Waals surface area contributed by atoms with E-state index in [2.05, 4.69) is 20.6 Å². The van der Waals surface area contributed by atoms with Crippen LogP contribution in [0, 0.1) is 0 Å². The van der Waals surface area contributed by atoms with Crippen LogP contribution in [0.2, 0.25) is 0 Å². The van der Waals surface area contributed by atoms with E-state index < -0.39 is 0 Å². The third kappa shape index (κ3) is 4.32. The lowest BCUT2D eigenvalue weighted by molar-refractivity contribution is 0.102. The minimum atomic E-state index is -0.294. The number of carbonyl (C=O) groups excluding carboxylic acids is 1. The summed E-state index contributed by atoms with van der Waals surface area (Å²) in [6, 6.07) is 14.6. The highest BCUT2D eigenvalue weighted by Gasteiger charge is 2.11. The number of carbonyl (C=O) groups is 1. The van der Waals surface area contributed by atoms with Crippen LogP contribution < -0.4 is 15.4 Å². The lowest BCUT2D eigenvalue weighted by Crippen LogP contribution is -2.14. The molecule has 0 aliphatic heterocycles. The number of aromatic nitrogens is 2. The number of ether oxygens (including phenoxy) is 1. The van der Waals surface area contributed by atoms with Crippen molar-refractivity contribution in [3.63, 3.8) is 0 Å². The second-order valence-corrected chi connectivity index (χ2v) is 5.29. The Balaban J connectivity index is 1.69. The summed E-state index contributed by atoms with van der Waals surface area (Å²) in [7, 11) is 1.56. The largest absolute Gasteiger partial charge is 0.495 e. The lowest BCUT2D eigenvalue weighted by Gasteiger charge is -2.10. The normalized spacial score (nSPS) is 10.1. The van der Waals surface area contributed by atoms with E-state index in [0.717, 1.165) is 11.3 Å². The summed E-state index contributed by atoms with van der Waals surface area (Å²) < 4.78 is 5.24. The van der Waals surface area contributed by atoms with Crippen molar-refractivity contribution in [2.45, 2.75) is 6.54 Å². The highest BCUT2D eigenvalue weighted by molar-refractivity contribution is 6.04. The third-order valence-electron chi connectivity index (χ3n) is 3.59. The lowest BCUT2D eigenvalue weighted by atomic mass is 10.2. The molecular weight excluding hydrogens is 316 g/mol. The molecule has 0 saturated heterocycles. The molecule has 2 heterocycles. The Morgan fingerprint density at radius 1 is 1.08 bits per heavy atom. The molecule has 126 valence electrons. The summed E-state index contributed by atoms with van der Waals surface area (Å²) in [6.45, 7) is 0.639. The Bertz CT molecular complexity index is 853. The highest BCUT2D eigenvalue weighted by atomic mass is 16.5. The third-order valence-corrected chi connectivity index (χ3v) is 3.59. The van der Waals surface area contributed by atoms with Gasteiger partial charge in [0.25, 0.3) is 5.91 Å². The minimum absolute atomic E-state index is 0.294. The van der Waals surface area contributed by atoms with Crippen LogP contribution in [-0.4, -0.2) is 23.0 Å². The van der Waals surface area contributed by atoms with Crippen molar-refractivity contribution >= 4 is 17.3 Å². The van der Waals surface area contributed by atoms with E-state index in [-0.39, 0.29) is 5.91 Å². The summed E-state index contributed by atoms with van der Waals surface area (Å²) >= 11 is 0. The molecule has 1 aromatic carbocycles. The molecule has 1 amide bonds. The Morgan fingerprint density at radius 3 is 2.68 bits per heavy atom. The second kappa shape index (κ2) is 7.92. The van der Waals surface area contributed by atoms with Crippen molar-refractivity contribution in [3.8, 4) is 5.75 Å². The predicted octanol–water partition coefficient (Wildman–Crippen LogP) is 3.35. The number of pyridine rings is 2. The zero-order chi connectivity index (χ0) is 17.5. The van der Waals surface area contributed by atoms with Crippen LogP contribution in [0.25, 0.3) is 0 Å². The van der Waals surface area contributed by atoms with Crippen LogP contribution in [0.4, 0.5) is 11.4 Å². The van der Waals surface area contributed by atoms with Crippen molar-refractivity contribution in [2.75, 3.05) is 17.7 Å². The number of hydrogen-bond acceptors (Lipinski definition) is 5. The fourth-order valence-electron chi connectivity index (χ4n) is 2.30. The summed E-state index contributed by atoms with van der Waals surface area (Å²) in [5.74, 6) is 0.305. The Labute approximate surface area is 145 Å². The van der Waals surface area contributed by atoms with Crippen LogP contribution in [0.15, 0.2) is 67.1 Å². The molecule has 0 unspecified atom stereocenters. The molecule has 3 rings (SSSR count). The molecule has 2 aromatic heterocycles. The number of nitrogens with one attached hydrogen (secondary N) is 2. The van der Waals surface area contributed by atoms with E-state index in [1.807, 2.05) is 30.3 Å². The molecule has 0 spiro atoms. The van der Waals surface area contributed by atoms with Crippen molar-refractivity contribution in [2.24, 2.45) is 0 Å². The fourth-order valence-corrected chi connectivity index (χ4v) is 2.30. The van der Waals surface area contributed by atoms with Crippen LogP contribution >= 0.6 is 0 Å². The number of benzene rings is 1. The maximum absolute atomic E-state index is 12.4. The Morgan fingerprint density at radius 2 is 1.88 bits per heavy atom. The topological polar surface area (TPSA) is 76.1 Å². The van der Waals surface area contributed by atoms with Gasteiger partial charge in [0, 0.05) is 30.8 Å². The van der Waals surface area contributed by atoms with Crippen LogP contribution in [0.5, 0.6) is 5.75 Å². The number of methoxy groups -OCH3 is 1. The molecule has 6 heteroatoms. The Hall–Kier alpha value is -3.41. The minimum Gasteiger partial charge on any atom is -0.495 e. The summed E-state index contributed by atoms with van der Waals surface area (Å²) in [6.07, 6.45) is 5.09. The van der Waals surface area contributed by atoms with E-state index in [1.165, 1.54) is 0 Å². The van der Waals surface area contributed by atoms with Gasteiger partial charge in [0.15, 0.2) is 0 Å². The van der Waals surface area contributed by atoms with E-state index >= 15 is 0 Å². The van der Waals surface area contributed by atoms with E-state index in [0.29, 0.717) is 23.7 Å². The van der Waals surface area contributed by atoms with Crippen LogP contribution in [0.1, 0.15) is 16.1 Å². The van der Waals surface area contributed by atoms with Gasteiger partial charge >= 0.3 is 0 Å². The molecule has 0 saturated carbocycles. The summed E-state index contributed by atoms with van der Waals surface area (Å²) in [4.78, 5) is 20.6. The fraction of sp³-hybridized carbons (Fsp3) is 0.105. The van der Waals surface area contributed by atoms with E-state index in [1.54, 1.807) is 43.9 Å². The van der Waals surface area contributed by atoms with E-state index in [4.69, 9.17) is 4.74 Å². The van der Waals surface area contributed by atoms with Gasteiger partial charge in [0.1, 0.15) is 11.4 Å². The molecule has 0 aliphatic carbocycles. The van der Waals surface area contributed by atoms with Gasteiger partial charge < -0.3 is 15.4 Å². The quantitative estimate of drug-likeness (QED) is 0.723. The molecule has 6 nitrogen and oxygen atoms in total. The Kier molecular flexibility index (Phi) is 5.21. The molecule has 25 heavy (non-hydrogen) atoms. The molecule has 3 aromatic rings. The average Bonchev–Trinajstić information content (AvgIpc) is 2.68. The summed E-state index contributed by atoms with van der Waals surface area (Å²) in [5, 5.41) is 6.09. The zero-order valence-corrected chi connectivity index (χ0v) is 13.8. The van der Waals surface area contributed by atoms with Gasteiger partial charge in [-0.05, 0) is 42.0 Å². The number of rotatable bonds is 6. The molecule has 0 bridgehead atoms. The number of nitrogens with zero attached hydrogens (tertiary/aromatic N) is 2. The van der Waals surface area contributed by atoms with E-state index in [9.17, 15) is 4.79 Å². The maximum Gasteiger partial charge on any atom is 0.274 e. The molecule has 0 fully saturated rings. The number of para-hydroxylation sites is 2. The van der Waals surface area contributed by atoms with Crippen LogP contribution in [-0.2, 0) is 6.54 Å². The van der Waals surface area contributed by atoms with Gasteiger partial charge in [-0.3, -0.25) is 14.8 Å². The highest BCUT2D eigenvalue weighted by Crippen LogP contribution is 2.23. The maximum atomic E-state index is 12.4. The number of hydrogen-bond donors (Lipinski definition) is 2. The molecule has 2 N–H and O–H groups in total. The van der Waals surface area contributed by atoms with Gasteiger partial charge in [-0.2, -0.15) is 0 Å². The van der Waals surface area contributed by atoms with Gasteiger partial charge in [0.2, 0.25) is 0 Å². The van der Waals surface area contributed by atoms with Crippen molar-refractivity contribution in [1.29, 1.82) is 0 Å². The summed E-state index contributed by atoms with van der Waals surface area (Å²) in [5.41, 5.74) is 2.85. The molecule has 0 atom stereocenters. The van der Waals surface area contributed by atoms with Crippen molar-refractivity contribution in [3.05, 3.63) is 78.4 Å². The first-order valence-corrected chi connectivity index (χ1v) is 7.79. The van der Waals surface area contributed by atoms with Crippen molar-refractivity contribution in [1.82, 2.24) is 9.97 Å². The first-order valence-electron chi connectivity index (χ1n) is 7.79. The first-order chi connectivity index (χ1) is 12.3. The zero-order valence-electron chi connectivity index (χ0n) is 13.8. The molecular formula is C19H18N4O2. The predicted molar refractivity (Wildman–Crippen MR) is 96.7 cm³/mol. The van der Waals surface area contributed by atoms with Crippen molar-refractivity contribution < 1.29 is 9.53 Å². The monoisotopic (exact) mass is 334 g/mol. The average molecular weight is 334 g/mol. The van der Waals surface area contributed by atoms with Gasteiger partial charge in [-0.1, -0.05) is 12.1 Å². The van der Waals surface area contributed by atoms with Gasteiger partial charge in [-0.15, -0.1) is 0 Å². The van der Waals surface area contributed by atoms with Crippen LogP contribution in [0.3, 0.4) is 0 Å². The number of amides is 1.